The molecule has 0 spiro atoms. The third-order valence-electron chi connectivity index (χ3n) is 21.9. The first-order valence-electron chi connectivity index (χ1n) is 45.9. The van der Waals surface area contributed by atoms with Gasteiger partial charge in [-0.3, -0.25) is 9.80 Å². The average Bonchev–Trinajstić information content (AvgIpc) is 0.882. The van der Waals surface area contributed by atoms with E-state index in [4.69, 9.17) is 0 Å². The van der Waals surface area contributed by atoms with E-state index in [1.54, 1.807) is 0 Å². The van der Waals surface area contributed by atoms with Gasteiger partial charge in [0.1, 0.15) is 0 Å². The molecule has 0 bridgehead atoms. The molecule has 0 N–H and O–H groups in total. The molecule has 6 rings (SSSR count). The molecule has 0 saturated heterocycles. The molecule has 1 unspecified atom stereocenters. The van der Waals surface area contributed by atoms with Crippen molar-refractivity contribution >= 4 is 87.6 Å². The zero-order valence-electron chi connectivity index (χ0n) is 79.0. The molecule has 0 radical (unpaired) electrons. The number of para-hydroxylation sites is 3. The monoisotopic (exact) mass is 1740 g/mol. The minimum atomic E-state index is 0.654. The van der Waals surface area contributed by atoms with Crippen molar-refractivity contribution in [3.05, 3.63) is 193 Å². The molecular formula is C100H176N12S6. The molecule has 12 nitrogen and oxygen atoms in total. The molecule has 0 aliphatic rings. The molecular weight excluding hydrogens is 1560 g/mol. The van der Waals surface area contributed by atoms with Crippen LogP contribution in [-0.4, -0.2) is 313 Å². The van der Waals surface area contributed by atoms with Crippen LogP contribution in [0.2, 0.25) is 0 Å². The summed E-state index contributed by atoms with van der Waals surface area (Å²) in [6.07, 6.45) is 11.7. The lowest BCUT2D eigenvalue weighted by Crippen LogP contribution is -2.40. The van der Waals surface area contributed by atoms with Gasteiger partial charge in [0.2, 0.25) is 0 Å². The Bertz CT molecular complexity index is 3010. The quantitative estimate of drug-likeness (QED) is 0.0268. The van der Waals surface area contributed by atoms with E-state index in [9.17, 15) is 0 Å². The Morgan fingerprint density at radius 1 is 0.271 bits per heavy atom. The van der Waals surface area contributed by atoms with E-state index in [1.165, 1.54) is 199 Å². The van der Waals surface area contributed by atoms with Gasteiger partial charge in [-0.2, -0.15) is 58.8 Å². The molecule has 1 atom stereocenters. The summed E-state index contributed by atoms with van der Waals surface area (Å²) < 4.78 is 0. The van der Waals surface area contributed by atoms with Crippen LogP contribution in [0.1, 0.15) is 148 Å². The molecule has 6 aromatic carbocycles. The zero-order valence-corrected chi connectivity index (χ0v) is 83.9. The lowest BCUT2D eigenvalue weighted by molar-refractivity contribution is 0.178. The van der Waals surface area contributed by atoms with E-state index >= 15 is 0 Å². The largest absolute Gasteiger partial charge is 0.373 e. The lowest BCUT2D eigenvalue weighted by Gasteiger charge is -2.30. The molecule has 0 aromatic heterocycles. The van der Waals surface area contributed by atoms with Crippen LogP contribution >= 0.6 is 70.6 Å². The Kier molecular flexibility index (Phi) is 75.6. The molecule has 0 aliphatic carbocycles. The van der Waals surface area contributed by atoms with Crippen molar-refractivity contribution in [3.63, 3.8) is 0 Å². The van der Waals surface area contributed by atoms with Crippen LogP contribution in [0, 0.1) is 0 Å². The smallest absolute Gasteiger partial charge is 0.0367 e. The predicted octanol–water partition coefficient (Wildman–Crippen LogP) is 22.2. The van der Waals surface area contributed by atoms with Gasteiger partial charge in [-0.25, -0.2) is 0 Å². The first-order chi connectivity index (χ1) is 57.6. The van der Waals surface area contributed by atoms with Crippen molar-refractivity contribution in [2.24, 2.45) is 0 Å². The Hall–Kier alpha value is -3.54. The summed E-state index contributed by atoms with van der Waals surface area (Å²) in [6, 6.07) is 65.6. The molecule has 6 aromatic rings. The molecule has 0 aliphatic heterocycles. The number of unbranched alkanes of at least 4 members (excludes halogenated alkanes) is 1. The number of hydrogen-bond donors (Lipinski definition) is 0. The summed E-state index contributed by atoms with van der Waals surface area (Å²) >= 11 is 11.8. The molecule has 672 valence electrons. The first kappa shape index (κ1) is 112. The minimum Gasteiger partial charge on any atom is -0.373 e. The van der Waals surface area contributed by atoms with Crippen LogP contribution in [0.5, 0.6) is 0 Å². The van der Waals surface area contributed by atoms with Crippen molar-refractivity contribution in [1.29, 1.82) is 0 Å². The summed E-state index contributed by atoms with van der Waals surface area (Å²) in [5, 5.41) is 0. The Morgan fingerprint density at radius 3 is 0.958 bits per heavy atom. The fourth-order valence-corrected chi connectivity index (χ4v) is 17.5. The second kappa shape index (κ2) is 79.4. The molecule has 118 heavy (non-hydrogen) atoms. The lowest BCUT2D eigenvalue weighted by atomic mass is 10.2. The number of thioether (sulfide) groups is 6. The van der Waals surface area contributed by atoms with Crippen molar-refractivity contribution in [3.8, 4) is 0 Å². The standard InChI is InChI=1S/C19H34N2S.C18H24N2S.2C18H32N2S.C15H26N2S.C12H28N2S/c1-4-7-13-20(5-2)14-15-21(6-3)16-17-22-18-19-11-9-8-10-12-19;1-19(17-9-5-3-6-10-17)13-14-20(15-16-21-2)18-11-7-4-8-12-18;1-5-19(12-13-20(6-2)17(3)4)14-15-21-16-18-10-8-7-9-11-18;1-5-17(4)20(7-3)14-13-19(6-2)15-16-21-18-11-9-8-10-12-18;1-4-16(5-2)11-12-17(13-14-18-3)15-9-7-6-8-10-15;1-5-8-13(6-2)9-10-14(7-3)11-12-15-4/h8-12H,4-7,13-18H2,1-3H3;3-12H,13-16H2,1-2H3;7-11,17H,5-6,12-16H2,1-4H3;8-12,17H,5-7,13-16H2,1-4H3;6-10H,4-5,11-14H2,1-3H3;5-12H2,1-4H3. The van der Waals surface area contributed by atoms with E-state index < -0.39 is 0 Å². The topological polar surface area (TPSA) is 38.9 Å². The van der Waals surface area contributed by atoms with Crippen molar-refractivity contribution in [2.45, 2.75) is 165 Å². The molecule has 0 heterocycles. The van der Waals surface area contributed by atoms with Gasteiger partial charge >= 0.3 is 0 Å². The second-order valence-electron chi connectivity index (χ2n) is 30.2. The van der Waals surface area contributed by atoms with E-state index in [0.717, 1.165) is 102 Å². The molecule has 0 amide bonds. The van der Waals surface area contributed by atoms with Gasteiger partial charge in [0.05, 0.1) is 0 Å². The number of hydrogen-bond acceptors (Lipinski definition) is 18. The number of rotatable bonds is 62. The van der Waals surface area contributed by atoms with Crippen molar-refractivity contribution in [1.82, 2.24) is 44.1 Å². The van der Waals surface area contributed by atoms with Crippen LogP contribution in [0.3, 0.4) is 0 Å². The van der Waals surface area contributed by atoms with Crippen LogP contribution in [-0.2, 0) is 11.5 Å². The van der Waals surface area contributed by atoms with Gasteiger partial charge in [-0.15, -0.1) is 11.8 Å². The number of anilines is 3. The molecule has 0 fully saturated rings. The van der Waals surface area contributed by atoms with Gasteiger partial charge in [-0.1, -0.05) is 230 Å². The summed E-state index contributed by atoms with van der Waals surface area (Å²) in [5.74, 6) is 9.49. The number of benzene rings is 6. The zero-order chi connectivity index (χ0) is 86.7. The number of likely N-dealkylation sites (N-methyl/N-ethyl adjacent to an activating group) is 10. The highest BCUT2D eigenvalue weighted by molar-refractivity contribution is 7.99. The summed E-state index contributed by atoms with van der Waals surface area (Å²) in [7, 11) is 2.16. The Balaban J connectivity index is 0.000000711. The maximum Gasteiger partial charge on any atom is 0.0367 e. The SMILES string of the molecule is CCC(C)N(CC)CCN(CC)CCSc1ccccc1.CCCCN(CC)CCN(CC)CCSCc1ccccc1.CCCN(CC)CCN(CC)CCSC.CCN(CC)CCN(CCSC)c1ccccc1.CCN(CCSCc1ccccc1)CCN(CC)C(C)C.CSCCN(CCN(C)c1ccccc1)c1ccccc1. The number of nitrogens with zero attached hydrogens (tertiary/aromatic N) is 12. The van der Waals surface area contributed by atoms with E-state index in [0.29, 0.717) is 12.1 Å². The van der Waals surface area contributed by atoms with E-state index in [-0.39, 0.29) is 0 Å². The third kappa shape index (κ3) is 57.8. The van der Waals surface area contributed by atoms with Crippen molar-refractivity contribution < 1.29 is 0 Å². The third-order valence-corrected chi connectivity index (χ3v) is 26.7. The molecule has 18 heteroatoms. The van der Waals surface area contributed by atoms with Crippen molar-refractivity contribution in [2.75, 3.05) is 271 Å². The van der Waals surface area contributed by atoms with Crippen LogP contribution in [0.25, 0.3) is 0 Å². The second-order valence-corrected chi connectivity index (χ2v) is 36.5. The average molecular weight is 1740 g/mol. The van der Waals surface area contributed by atoms with Gasteiger partial charge in [0.25, 0.3) is 0 Å². The molecule has 0 saturated carbocycles. The first-order valence-corrected chi connectivity index (χ1v) is 53.3. The van der Waals surface area contributed by atoms with Gasteiger partial charge in [-0.05, 0) is 197 Å². The maximum absolute atomic E-state index is 2.59. The summed E-state index contributed by atoms with van der Waals surface area (Å²) in [5.41, 5.74) is 6.80. The van der Waals surface area contributed by atoms with Crippen LogP contribution in [0.4, 0.5) is 17.1 Å². The Morgan fingerprint density at radius 2 is 0.593 bits per heavy atom. The van der Waals surface area contributed by atoms with Crippen LogP contribution < -0.4 is 14.7 Å². The minimum absolute atomic E-state index is 0.654. The van der Waals surface area contributed by atoms with Gasteiger partial charge < -0.3 is 49.0 Å². The highest BCUT2D eigenvalue weighted by Crippen LogP contribution is 2.20. The highest BCUT2D eigenvalue weighted by Gasteiger charge is 2.15. The summed E-state index contributed by atoms with van der Waals surface area (Å²) in [4.78, 5) is 31.7. The van der Waals surface area contributed by atoms with Gasteiger partial charge in [0.15, 0.2) is 0 Å². The fourth-order valence-electron chi connectivity index (χ4n) is 13.4. The summed E-state index contributed by atoms with van der Waals surface area (Å²) in [6.45, 7) is 71.4. The maximum atomic E-state index is 2.59. The van der Waals surface area contributed by atoms with E-state index in [2.05, 4.69) is 377 Å². The fraction of sp³-hybridized carbons (Fsp3) is 0.640. The Labute approximate surface area is 755 Å². The van der Waals surface area contributed by atoms with Crippen LogP contribution in [0.15, 0.2) is 187 Å². The predicted molar refractivity (Wildman–Crippen MR) is 550 cm³/mol. The van der Waals surface area contributed by atoms with Gasteiger partial charge in [0, 0.05) is 205 Å². The highest BCUT2D eigenvalue weighted by atomic mass is 32.2. The normalized spacial score (nSPS) is 11.5. The van der Waals surface area contributed by atoms with E-state index in [1.807, 2.05) is 70.6 Å².